The standard InChI is InChI=1S/C9H13FO3S/c1-9(2)12-7-5(10)6(4-3-14-4)11-8(7)13-9/h4-8H,3H2,1-2H3/t4?,5?,6-,7-,8-/m1/s1. The molecule has 0 aromatic heterocycles. The highest BCUT2D eigenvalue weighted by Gasteiger charge is 2.58. The summed E-state index contributed by atoms with van der Waals surface area (Å²) in [6.45, 7) is 3.56. The summed E-state index contributed by atoms with van der Waals surface area (Å²) in [5.41, 5.74) is 0. The van der Waals surface area contributed by atoms with Crippen LogP contribution in [0.3, 0.4) is 0 Å². The molecule has 0 radical (unpaired) electrons. The molecule has 3 heterocycles. The largest absolute Gasteiger partial charge is 0.342 e. The van der Waals surface area contributed by atoms with Gasteiger partial charge < -0.3 is 14.2 Å². The second kappa shape index (κ2) is 2.84. The van der Waals surface area contributed by atoms with Gasteiger partial charge in [0.25, 0.3) is 0 Å². The van der Waals surface area contributed by atoms with Crippen LogP contribution in [0.5, 0.6) is 0 Å². The molecule has 0 aliphatic carbocycles. The molecular formula is C9H13FO3S. The van der Waals surface area contributed by atoms with Crippen molar-refractivity contribution >= 4 is 11.8 Å². The van der Waals surface area contributed by atoms with Crippen molar-refractivity contribution in [1.29, 1.82) is 0 Å². The molecule has 0 N–H and O–H groups in total. The maximum Gasteiger partial charge on any atom is 0.190 e. The molecule has 3 aliphatic heterocycles. The monoisotopic (exact) mass is 220 g/mol. The van der Waals surface area contributed by atoms with Gasteiger partial charge in [-0.05, 0) is 13.8 Å². The number of thioether (sulfide) groups is 1. The molecule has 3 fully saturated rings. The Bertz CT molecular complexity index is 254. The van der Waals surface area contributed by atoms with Crippen LogP contribution in [-0.4, -0.2) is 41.5 Å². The first-order chi connectivity index (χ1) is 6.57. The van der Waals surface area contributed by atoms with Crippen LogP contribution in [0.4, 0.5) is 4.39 Å². The second-order valence-electron chi connectivity index (χ2n) is 4.39. The topological polar surface area (TPSA) is 27.7 Å². The van der Waals surface area contributed by atoms with E-state index >= 15 is 0 Å². The predicted molar refractivity (Wildman–Crippen MR) is 49.8 cm³/mol. The summed E-state index contributed by atoms with van der Waals surface area (Å²) in [5.74, 6) is 0.287. The fourth-order valence-corrected chi connectivity index (χ4v) is 2.74. The van der Waals surface area contributed by atoms with Gasteiger partial charge in [-0.3, -0.25) is 0 Å². The lowest BCUT2D eigenvalue weighted by Gasteiger charge is -2.21. The van der Waals surface area contributed by atoms with Crippen molar-refractivity contribution in [3.63, 3.8) is 0 Å². The molecule has 3 nitrogen and oxygen atoms in total. The number of fused-ring (bicyclic) bond motifs is 1. The van der Waals surface area contributed by atoms with Gasteiger partial charge in [0.05, 0.1) is 0 Å². The van der Waals surface area contributed by atoms with Gasteiger partial charge in [0, 0.05) is 11.0 Å². The Morgan fingerprint density at radius 1 is 1.29 bits per heavy atom. The van der Waals surface area contributed by atoms with E-state index in [0.717, 1.165) is 5.75 Å². The molecule has 0 saturated carbocycles. The zero-order valence-electron chi connectivity index (χ0n) is 8.10. The molecule has 0 amide bonds. The van der Waals surface area contributed by atoms with Crippen molar-refractivity contribution in [2.75, 3.05) is 5.75 Å². The second-order valence-corrected chi connectivity index (χ2v) is 5.66. The minimum absolute atomic E-state index is 0.311. The van der Waals surface area contributed by atoms with Crippen molar-refractivity contribution in [2.45, 2.75) is 49.6 Å². The number of ether oxygens (including phenoxy) is 3. The highest BCUT2D eigenvalue weighted by Crippen LogP contribution is 2.46. The molecular weight excluding hydrogens is 207 g/mol. The van der Waals surface area contributed by atoms with Crippen LogP contribution in [-0.2, 0) is 14.2 Å². The normalized spacial score (nSPS) is 54.6. The minimum Gasteiger partial charge on any atom is -0.342 e. The van der Waals surface area contributed by atoms with Crippen molar-refractivity contribution in [3.05, 3.63) is 0 Å². The van der Waals surface area contributed by atoms with Crippen molar-refractivity contribution < 1.29 is 18.6 Å². The van der Waals surface area contributed by atoms with Crippen molar-refractivity contribution in [2.24, 2.45) is 0 Å². The first kappa shape index (κ1) is 9.39. The number of alkyl halides is 1. The Hall–Kier alpha value is 0.160. The molecule has 0 aromatic carbocycles. The average molecular weight is 220 g/mol. The smallest absolute Gasteiger partial charge is 0.190 e. The summed E-state index contributed by atoms with van der Waals surface area (Å²) in [6, 6.07) is 0. The Morgan fingerprint density at radius 3 is 2.57 bits per heavy atom. The van der Waals surface area contributed by atoms with Crippen LogP contribution >= 0.6 is 11.8 Å². The molecule has 0 spiro atoms. The fraction of sp³-hybridized carbons (Fsp3) is 1.00. The molecule has 80 valence electrons. The molecule has 3 rings (SSSR count). The third kappa shape index (κ3) is 1.38. The molecule has 5 atom stereocenters. The highest BCUT2D eigenvalue weighted by atomic mass is 32.2. The summed E-state index contributed by atoms with van der Waals surface area (Å²) in [5, 5.41) is 0.311. The van der Waals surface area contributed by atoms with Gasteiger partial charge in [0.1, 0.15) is 12.2 Å². The third-order valence-electron chi connectivity index (χ3n) is 2.73. The van der Waals surface area contributed by atoms with E-state index in [1.807, 2.05) is 0 Å². The maximum atomic E-state index is 13.8. The molecule has 0 aromatic rings. The lowest BCUT2D eigenvalue weighted by molar-refractivity contribution is -0.209. The van der Waals surface area contributed by atoms with Crippen molar-refractivity contribution in [1.82, 2.24) is 0 Å². The first-order valence-corrected chi connectivity index (χ1v) is 5.88. The van der Waals surface area contributed by atoms with Gasteiger partial charge in [0.2, 0.25) is 0 Å². The lowest BCUT2D eigenvalue weighted by atomic mass is 10.1. The number of halogens is 1. The Kier molecular flexibility index (Phi) is 1.91. The van der Waals surface area contributed by atoms with Gasteiger partial charge in [-0.2, -0.15) is 11.8 Å². The molecule has 5 heteroatoms. The van der Waals surface area contributed by atoms with Gasteiger partial charge in [0.15, 0.2) is 18.2 Å². The van der Waals surface area contributed by atoms with Crippen LogP contribution < -0.4 is 0 Å². The summed E-state index contributed by atoms with van der Waals surface area (Å²) in [4.78, 5) is 0. The minimum atomic E-state index is -1.04. The average Bonchev–Trinajstić information content (AvgIpc) is 2.81. The Morgan fingerprint density at radius 2 is 2.00 bits per heavy atom. The van der Waals surface area contributed by atoms with Gasteiger partial charge >= 0.3 is 0 Å². The molecule has 3 aliphatic rings. The zero-order chi connectivity index (χ0) is 9.92. The van der Waals surface area contributed by atoms with Gasteiger partial charge in [-0.1, -0.05) is 0 Å². The van der Waals surface area contributed by atoms with E-state index in [9.17, 15) is 4.39 Å². The van der Waals surface area contributed by atoms with Gasteiger partial charge in [-0.15, -0.1) is 0 Å². The van der Waals surface area contributed by atoms with E-state index in [1.165, 1.54) is 0 Å². The highest BCUT2D eigenvalue weighted by molar-refractivity contribution is 8.06. The van der Waals surface area contributed by atoms with Crippen LogP contribution in [0.1, 0.15) is 13.8 Å². The summed E-state index contributed by atoms with van der Waals surface area (Å²) in [7, 11) is 0. The quantitative estimate of drug-likeness (QED) is 0.623. The van der Waals surface area contributed by atoms with E-state index in [0.29, 0.717) is 5.25 Å². The van der Waals surface area contributed by atoms with Crippen LogP contribution in [0.15, 0.2) is 0 Å². The van der Waals surface area contributed by atoms with Crippen molar-refractivity contribution in [3.8, 4) is 0 Å². The van der Waals surface area contributed by atoms with Crippen LogP contribution in [0, 0.1) is 0 Å². The van der Waals surface area contributed by atoms with E-state index in [-0.39, 0.29) is 6.10 Å². The predicted octanol–water partition coefficient (Wildman–Crippen LogP) is 1.32. The molecule has 14 heavy (non-hydrogen) atoms. The van der Waals surface area contributed by atoms with E-state index in [2.05, 4.69) is 0 Å². The molecule has 3 saturated heterocycles. The Labute approximate surface area is 86.3 Å². The summed E-state index contributed by atoms with van der Waals surface area (Å²) in [6.07, 6.45) is -2.41. The number of rotatable bonds is 1. The van der Waals surface area contributed by atoms with E-state index in [1.54, 1.807) is 25.6 Å². The summed E-state index contributed by atoms with van der Waals surface area (Å²) >= 11 is 1.73. The summed E-state index contributed by atoms with van der Waals surface area (Å²) < 4.78 is 30.3. The third-order valence-corrected chi connectivity index (χ3v) is 3.72. The van der Waals surface area contributed by atoms with E-state index in [4.69, 9.17) is 14.2 Å². The molecule has 2 unspecified atom stereocenters. The SMILES string of the molecule is CC1(C)O[C@H]2O[C@H](C3CS3)C(F)[C@H]2O1. The fourth-order valence-electron chi connectivity index (χ4n) is 2.03. The Balaban J connectivity index is 1.74. The van der Waals surface area contributed by atoms with E-state index < -0.39 is 24.4 Å². The molecule has 0 bridgehead atoms. The first-order valence-electron chi connectivity index (χ1n) is 4.84. The zero-order valence-corrected chi connectivity index (χ0v) is 8.92. The lowest BCUT2D eigenvalue weighted by Crippen LogP contribution is -2.33. The number of hydrogen-bond donors (Lipinski definition) is 0. The van der Waals surface area contributed by atoms with Crippen LogP contribution in [0.25, 0.3) is 0 Å². The van der Waals surface area contributed by atoms with Crippen LogP contribution in [0.2, 0.25) is 0 Å². The van der Waals surface area contributed by atoms with Gasteiger partial charge in [-0.25, -0.2) is 4.39 Å². The number of hydrogen-bond acceptors (Lipinski definition) is 4. The maximum absolute atomic E-state index is 13.8.